The third-order valence-electron chi connectivity index (χ3n) is 3.91. The van der Waals surface area contributed by atoms with Crippen molar-refractivity contribution in [3.8, 4) is 0 Å². The quantitative estimate of drug-likeness (QED) is 0.839. The fourth-order valence-corrected chi connectivity index (χ4v) is 2.42. The van der Waals surface area contributed by atoms with E-state index in [0.29, 0.717) is 0 Å². The molecule has 1 aromatic rings. The van der Waals surface area contributed by atoms with E-state index in [-0.39, 0.29) is 6.04 Å². The van der Waals surface area contributed by atoms with Gasteiger partial charge < -0.3 is 10.4 Å². The van der Waals surface area contributed by atoms with Gasteiger partial charge in [-0.3, -0.25) is 0 Å². The summed E-state index contributed by atoms with van der Waals surface area (Å²) in [4.78, 5) is 0. The first-order chi connectivity index (χ1) is 8.40. The summed E-state index contributed by atoms with van der Waals surface area (Å²) in [6, 6.07) is 2.29. The summed E-state index contributed by atoms with van der Waals surface area (Å²) in [5, 5.41) is 13.9. The molecule has 0 aliphatic heterocycles. The number of nitrogens with one attached hydrogen (secondary N) is 1. The minimum atomic E-state index is -0.435. The average molecular weight is 249 g/mol. The molecule has 0 aliphatic rings. The van der Waals surface area contributed by atoms with Gasteiger partial charge >= 0.3 is 0 Å². The third-order valence-corrected chi connectivity index (χ3v) is 3.91. The topological polar surface area (TPSA) is 32.3 Å². The van der Waals surface area contributed by atoms with Crippen LogP contribution in [0, 0.1) is 27.7 Å². The summed E-state index contributed by atoms with van der Waals surface area (Å²) in [5.41, 5.74) is 6.06. The summed E-state index contributed by atoms with van der Waals surface area (Å²) in [6.45, 7) is 13.6. The Kier molecular flexibility index (Phi) is 5.36. The Balaban J connectivity index is 3.08. The summed E-state index contributed by atoms with van der Waals surface area (Å²) in [5.74, 6) is 0. The van der Waals surface area contributed by atoms with Crippen LogP contribution < -0.4 is 5.32 Å². The Morgan fingerprint density at radius 3 is 2.06 bits per heavy atom. The molecule has 0 heterocycles. The highest BCUT2D eigenvalue weighted by atomic mass is 16.3. The molecular formula is C16H27NO. The predicted molar refractivity (Wildman–Crippen MR) is 78.1 cm³/mol. The van der Waals surface area contributed by atoms with Crippen LogP contribution in [0.15, 0.2) is 6.07 Å². The number of aliphatic hydroxyl groups is 1. The SMILES string of the molecule is CCCNC(C)C(O)c1c(C)c(C)cc(C)c1C. The Bertz CT molecular complexity index is 386. The monoisotopic (exact) mass is 249 g/mol. The Hall–Kier alpha value is -0.860. The van der Waals surface area contributed by atoms with Gasteiger partial charge in [-0.1, -0.05) is 13.0 Å². The van der Waals surface area contributed by atoms with E-state index in [9.17, 15) is 5.11 Å². The molecule has 0 radical (unpaired) electrons. The van der Waals surface area contributed by atoms with Gasteiger partial charge in [0.2, 0.25) is 0 Å². The average Bonchev–Trinajstić information content (AvgIpc) is 2.33. The fourth-order valence-electron chi connectivity index (χ4n) is 2.42. The molecule has 2 nitrogen and oxygen atoms in total. The standard InChI is InChI=1S/C16H27NO/c1-7-8-17-14(6)16(18)15-12(4)10(2)9-11(3)13(15)5/h9,14,16-18H,7-8H2,1-6H3. The molecule has 18 heavy (non-hydrogen) atoms. The number of hydrogen-bond donors (Lipinski definition) is 2. The van der Waals surface area contributed by atoms with E-state index in [1.54, 1.807) is 0 Å². The Morgan fingerprint density at radius 1 is 1.11 bits per heavy atom. The van der Waals surface area contributed by atoms with E-state index >= 15 is 0 Å². The van der Waals surface area contributed by atoms with Crippen LogP contribution in [0.25, 0.3) is 0 Å². The minimum Gasteiger partial charge on any atom is -0.387 e. The lowest BCUT2D eigenvalue weighted by molar-refractivity contribution is 0.135. The molecule has 0 bridgehead atoms. The molecule has 2 heteroatoms. The van der Waals surface area contributed by atoms with Crippen molar-refractivity contribution in [1.29, 1.82) is 0 Å². The van der Waals surface area contributed by atoms with Crippen molar-refractivity contribution in [2.45, 2.75) is 60.1 Å². The van der Waals surface area contributed by atoms with Crippen LogP contribution in [0.5, 0.6) is 0 Å². The molecule has 1 rings (SSSR count). The molecule has 1 aromatic carbocycles. The molecule has 0 amide bonds. The van der Waals surface area contributed by atoms with Crippen LogP contribution in [-0.2, 0) is 0 Å². The van der Waals surface area contributed by atoms with E-state index in [4.69, 9.17) is 0 Å². The summed E-state index contributed by atoms with van der Waals surface area (Å²) < 4.78 is 0. The smallest absolute Gasteiger partial charge is 0.0945 e. The van der Waals surface area contributed by atoms with E-state index in [0.717, 1.165) is 18.5 Å². The lowest BCUT2D eigenvalue weighted by Gasteiger charge is -2.25. The third kappa shape index (κ3) is 3.12. The summed E-state index contributed by atoms with van der Waals surface area (Å²) in [7, 11) is 0. The second-order valence-corrected chi connectivity index (χ2v) is 5.36. The first-order valence-electron chi connectivity index (χ1n) is 6.88. The minimum absolute atomic E-state index is 0.0866. The maximum absolute atomic E-state index is 10.6. The van der Waals surface area contributed by atoms with Crippen molar-refractivity contribution >= 4 is 0 Å². The largest absolute Gasteiger partial charge is 0.387 e. The first kappa shape index (κ1) is 15.2. The van der Waals surface area contributed by atoms with Gasteiger partial charge in [0.05, 0.1) is 6.10 Å². The summed E-state index contributed by atoms with van der Waals surface area (Å²) >= 11 is 0. The number of rotatable bonds is 5. The normalized spacial score (nSPS) is 14.6. The number of benzene rings is 1. The molecule has 0 saturated heterocycles. The number of aliphatic hydroxyl groups excluding tert-OH is 1. The Morgan fingerprint density at radius 2 is 1.61 bits per heavy atom. The molecule has 0 saturated carbocycles. The second-order valence-electron chi connectivity index (χ2n) is 5.36. The molecule has 2 atom stereocenters. The molecular weight excluding hydrogens is 222 g/mol. The van der Waals surface area contributed by atoms with Crippen LogP contribution in [-0.4, -0.2) is 17.7 Å². The molecule has 0 aliphatic carbocycles. The van der Waals surface area contributed by atoms with Crippen molar-refractivity contribution in [2.75, 3.05) is 6.54 Å². The molecule has 0 spiro atoms. The zero-order valence-corrected chi connectivity index (χ0v) is 12.6. The van der Waals surface area contributed by atoms with E-state index < -0.39 is 6.10 Å². The van der Waals surface area contributed by atoms with Gasteiger partial charge in [0.15, 0.2) is 0 Å². The first-order valence-corrected chi connectivity index (χ1v) is 6.88. The lowest BCUT2D eigenvalue weighted by Crippen LogP contribution is -2.33. The van der Waals surface area contributed by atoms with Gasteiger partial charge in [-0.05, 0) is 75.4 Å². The predicted octanol–water partition coefficient (Wildman–Crippen LogP) is 3.34. The van der Waals surface area contributed by atoms with Crippen LogP contribution in [0.4, 0.5) is 0 Å². The van der Waals surface area contributed by atoms with Crippen molar-refractivity contribution in [2.24, 2.45) is 0 Å². The highest BCUT2D eigenvalue weighted by Gasteiger charge is 2.21. The molecule has 102 valence electrons. The zero-order valence-electron chi connectivity index (χ0n) is 12.6. The van der Waals surface area contributed by atoms with Gasteiger partial charge in [0, 0.05) is 6.04 Å². The molecule has 0 fully saturated rings. The second kappa shape index (κ2) is 6.35. The van der Waals surface area contributed by atoms with Crippen LogP contribution in [0.3, 0.4) is 0 Å². The van der Waals surface area contributed by atoms with Gasteiger partial charge in [0.1, 0.15) is 0 Å². The fraction of sp³-hybridized carbons (Fsp3) is 0.625. The van der Waals surface area contributed by atoms with Crippen LogP contribution in [0.1, 0.15) is 54.2 Å². The Labute approximate surface area is 111 Å². The van der Waals surface area contributed by atoms with E-state index in [1.807, 2.05) is 0 Å². The van der Waals surface area contributed by atoms with Crippen molar-refractivity contribution in [1.82, 2.24) is 5.32 Å². The van der Waals surface area contributed by atoms with Crippen molar-refractivity contribution in [3.63, 3.8) is 0 Å². The van der Waals surface area contributed by atoms with Gasteiger partial charge in [-0.25, -0.2) is 0 Å². The maximum atomic E-state index is 10.6. The highest BCUT2D eigenvalue weighted by Crippen LogP contribution is 2.29. The van der Waals surface area contributed by atoms with Crippen molar-refractivity contribution < 1.29 is 5.11 Å². The molecule has 0 aromatic heterocycles. The van der Waals surface area contributed by atoms with Crippen molar-refractivity contribution in [3.05, 3.63) is 33.9 Å². The summed E-state index contributed by atoms with van der Waals surface area (Å²) in [6.07, 6.45) is 0.650. The van der Waals surface area contributed by atoms with Gasteiger partial charge in [0.25, 0.3) is 0 Å². The molecule has 2 N–H and O–H groups in total. The van der Waals surface area contributed by atoms with Gasteiger partial charge in [-0.2, -0.15) is 0 Å². The van der Waals surface area contributed by atoms with Gasteiger partial charge in [-0.15, -0.1) is 0 Å². The number of hydrogen-bond acceptors (Lipinski definition) is 2. The van der Waals surface area contributed by atoms with Crippen LogP contribution in [0.2, 0.25) is 0 Å². The number of aryl methyl sites for hydroxylation is 2. The van der Waals surface area contributed by atoms with E-state index in [1.165, 1.54) is 22.3 Å². The molecule has 2 unspecified atom stereocenters. The van der Waals surface area contributed by atoms with E-state index in [2.05, 4.69) is 52.9 Å². The zero-order chi connectivity index (χ0) is 13.9. The maximum Gasteiger partial charge on any atom is 0.0945 e. The lowest BCUT2D eigenvalue weighted by atomic mass is 9.88. The highest BCUT2D eigenvalue weighted by molar-refractivity contribution is 5.45. The van der Waals surface area contributed by atoms with Crippen LogP contribution >= 0.6 is 0 Å².